The number of halogens is 3. The zero-order chi connectivity index (χ0) is 21.7. The maximum atomic E-state index is 13.4. The average molecular weight is 458 g/mol. The van der Waals surface area contributed by atoms with Crippen molar-refractivity contribution < 1.29 is 14.1 Å². The Kier molecular flexibility index (Phi) is 4.79. The van der Waals surface area contributed by atoms with Gasteiger partial charge in [0.05, 0.1) is 21.7 Å². The zero-order valence-electron chi connectivity index (χ0n) is 15.8. The largest absolute Gasteiger partial charge is 0.463 e. The fourth-order valence-corrected chi connectivity index (χ4v) is 4.50. The summed E-state index contributed by atoms with van der Waals surface area (Å²) in [5.41, 5.74) is 2.82. The Bertz CT molecular complexity index is 1230. The molecule has 0 aromatic heterocycles. The highest BCUT2D eigenvalue weighted by Gasteiger charge is 2.42. The summed E-state index contributed by atoms with van der Waals surface area (Å²) < 4.78 is 19.6. The van der Waals surface area contributed by atoms with Crippen LogP contribution in [-0.4, -0.2) is 15.6 Å². The van der Waals surface area contributed by atoms with E-state index < -0.39 is 11.2 Å². The molecule has 0 saturated carbocycles. The van der Waals surface area contributed by atoms with Gasteiger partial charge in [0.25, 0.3) is 5.69 Å². The molecule has 2 aliphatic rings. The number of fused-ring (bicyclic) bond motifs is 3. The molecule has 2 atom stereocenters. The molecule has 2 aliphatic heterocycles. The first-order valence-electron chi connectivity index (χ1n) is 9.42. The zero-order valence-corrected chi connectivity index (χ0v) is 17.3. The summed E-state index contributed by atoms with van der Waals surface area (Å²) in [6.45, 7) is 0. The molecule has 0 unspecified atom stereocenters. The van der Waals surface area contributed by atoms with Gasteiger partial charge in [-0.05, 0) is 29.8 Å². The van der Waals surface area contributed by atoms with Crippen LogP contribution in [0.2, 0.25) is 10.0 Å². The summed E-state index contributed by atoms with van der Waals surface area (Å²) in [7, 11) is 0. The predicted octanol–water partition coefficient (Wildman–Crippen LogP) is 6.28. The lowest BCUT2D eigenvalue weighted by Crippen LogP contribution is -2.33. The second-order valence-corrected chi connectivity index (χ2v) is 8.13. The van der Waals surface area contributed by atoms with E-state index in [2.05, 4.69) is 0 Å². The monoisotopic (exact) mass is 457 g/mol. The summed E-state index contributed by atoms with van der Waals surface area (Å²) in [6, 6.07) is 15.5. The number of hydrogen-bond donors (Lipinski definition) is 0. The number of benzene rings is 3. The standard InChI is InChI=1S/C22H14Cl2FN3O3/c23-14-9-17-20-11-19(12-4-6-15(25)7-5-12)26-27(20)22(31-21(17)18(24)10-14)13-2-1-3-16(8-13)28(29)30/h1-10,20,22H,11H2/t20-,22-/m0/s1. The molecular weight excluding hydrogens is 444 g/mol. The molecular formula is C22H14Cl2FN3O3. The van der Waals surface area contributed by atoms with E-state index in [4.69, 9.17) is 33.0 Å². The highest BCUT2D eigenvalue weighted by atomic mass is 35.5. The Labute approximate surface area is 186 Å². The lowest BCUT2D eigenvalue weighted by Gasteiger charge is -2.38. The van der Waals surface area contributed by atoms with Crippen LogP contribution in [0.15, 0.2) is 65.8 Å². The summed E-state index contributed by atoms with van der Waals surface area (Å²) >= 11 is 12.7. The minimum Gasteiger partial charge on any atom is -0.463 e. The topological polar surface area (TPSA) is 68.0 Å². The molecule has 2 heterocycles. The van der Waals surface area contributed by atoms with E-state index in [1.165, 1.54) is 24.3 Å². The summed E-state index contributed by atoms with van der Waals surface area (Å²) in [5.74, 6) is 0.140. The molecule has 5 rings (SSSR count). The van der Waals surface area contributed by atoms with Gasteiger partial charge in [-0.2, -0.15) is 5.10 Å². The number of nitro benzene ring substituents is 1. The van der Waals surface area contributed by atoms with Crippen LogP contribution in [0.1, 0.15) is 35.4 Å². The van der Waals surface area contributed by atoms with Crippen molar-refractivity contribution in [1.29, 1.82) is 0 Å². The van der Waals surface area contributed by atoms with Crippen LogP contribution in [-0.2, 0) is 0 Å². The smallest absolute Gasteiger partial charge is 0.269 e. The van der Waals surface area contributed by atoms with E-state index in [0.29, 0.717) is 27.8 Å². The molecule has 0 spiro atoms. The molecule has 0 N–H and O–H groups in total. The lowest BCUT2D eigenvalue weighted by atomic mass is 9.96. The highest BCUT2D eigenvalue weighted by Crippen LogP contribution is 2.51. The molecule has 0 saturated heterocycles. The third-order valence-corrected chi connectivity index (χ3v) is 5.85. The first-order chi connectivity index (χ1) is 14.9. The van der Waals surface area contributed by atoms with E-state index >= 15 is 0 Å². The second kappa shape index (κ2) is 7.51. The first-order valence-corrected chi connectivity index (χ1v) is 10.2. The van der Waals surface area contributed by atoms with E-state index in [1.807, 2.05) is 0 Å². The average Bonchev–Trinajstić information content (AvgIpc) is 3.19. The third-order valence-electron chi connectivity index (χ3n) is 5.35. The summed E-state index contributed by atoms with van der Waals surface area (Å²) in [4.78, 5) is 10.8. The molecule has 3 aromatic rings. The number of nitrogens with zero attached hydrogens (tertiary/aromatic N) is 3. The molecule has 0 bridgehead atoms. The van der Waals surface area contributed by atoms with Crippen LogP contribution >= 0.6 is 23.2 Å². The van der Waals surface area contributed by atoms with Crippen molar-refractivity contribution in [3.8, 4) is 5.75 Å². The molecule has 31 heavy (non-hydrogen) atoms. The van der Waals surface area contributed by atoms with Crippen molar-refractivity contribution in [3.63, 3.8) is 0 Å². The minimum atomic E-state index is -0.728. The second-order valence-electron chi connectivity index (χ2n) is 7.28. The van der Waals surface area contributed by atoms with Gasteiger partial charge in [-0.3, -0.25) is 10.1 Å². The minimum absolute atomic E-state index is 0.0485. The molecule has 0 radical (unpaired) electrons. The van der Waals surface area contributed by atoms with Gasteiger partial charge in [-0.1, -0.05) is 47.5 Å². The Morgan fingerprint density at radius 3 is 2.65 bits per heavy atom. The Morgan fingerprint density at radius 1 is 1.13 bits per heavy atom. The van der Waals surface area contributed by atoms with Gasteiger partial charge in [0.1, 0.15) is 11.6 Å². The molecule has 0 amide bonds. The van der Waals surface area contributed by atoms with E-state index in [0.717, 1.165) is 16.8 Å². The van der Waals surface area contributed by atoms with Crippen molar-refractivity contribution >= 4 is 34.6 Å². The van der Waals surface area contributed by atoms with Gasteiger partial charge in [0.15, 0.2) is 0 Å². The Hall–Kier alpha value is -3.16. The van der Waals surface area contributed by atoms with Gasteiger partial charge in [-0.15, -0.1) is 0 Å². The fraction of sp³-hybridized carbons (Fsp3) is 0.136. The lowest BCUT2D eigenvalue weighted by molar-refractivity contribution is -0.385. The van der Waals surface area contributed by atoms with Gasteiger partial charge >= 0.3 is 0 Å². The van der Waals surface area contributed by atoms with E-state index in [1.54, 1.807) is 41.4 Å². The molecule has 0 fully saturated rings. The first kappa shape index (κ1) is 19.8. The quantitative estimate of drug-likeness (QED) is 0.342. The summed E-state index contributed by atoms with van der Waals surface area (Å²) in [6.07, 6.45) is -0.210. The maximum Gasteiger partial charge on any atom is 0.269 e. The molecule has 9 heteroatoms. The van der Waals surface area contributed by atoms with Gasteiger partial charge in [-0.25, -0.2) is 9.40 Å². The van der Waals surface area contributed by atoms with Crippen molar-refractivity contribution in [1.82, 2.24) is 5.01 Å². The molecule has 6 nitrogen and oxygen atoms in total. The van der Waals surface area contributed by atoms with Crippen molar-refractivity contribution in [3.05, 3.63) is 103 Å². The van der Waals surface area contributed by atoms with Crippen molar-refractivity contribution in [2.24, 2.45) is 5.10 Å². The van der Waals surface area contributed by atoms with Crippen LogP contribution < -0.4 is 4.74 Å². The maximum absolute atomic E-state index is 13.4. The fourth-order valence-electron chi connectivity index (χ4n) is 3.94. The van der Waals surface area contributed by atoms with Crippen LogP contribution in [0.3, 0.4) is 0 Å². The normalized spacial score (nSPS) is 19.3. The van der Waals surface area contributed by atoms with Crippen LogP contribution in [0.25, 0.3) is 0 Å². The molecule has 3 aromatic carbocycles. The number of rotatable bonds is 3. The van der Waals surface area contributed by atoms with Gasteiger partial charge in [0, 0.05) is 34.7 Å². The van der Waals surface area contributed by atoms with E-state index in [9.17, 15) is 14.5 Å². The third kappa shape index (κ3) is 3.49. The number of hydrazone groups is 1. The SMILES string of the molecule is O=[N+]([O-])c1cccc([C@@H]2Oc3c(Cl)cc(Cl)cc3[C@@H]3CC(c4ccc(F)cc4)=NN32)c1. The van der Waals surface area contributed by atoms with E-state index in [-0.39, 0.29) is 17.5 Å². The number of ether oxygens (including phenoxy) is 1. The van der Waals surface area contributed by atoms with Crippen molar-refractivity contribution in [2.45, 2.75) is 18.7 Å². The molecule has 156 valence electrons. The summed E-state index contributed by atoms with van der Waals surface area (Å²) in [5, 5.41) is 18.6. The van der Waals surface area contributed by atoms with Crippen LogP contribution in [0.4, 0.5) is 10.1 Å². The van der Waals surface area contributed by atoms with Crippen LogP contribution in [0, 0.1) is 15.9 Å². The molecule has 0 aliphatic carbocycles. The number of nitro groups is 1. The predicted molar refractivity (Wildman–Crippen MR) is 115 cm³/mol. The Balaban J connectivity index is 1.63. The highest BCUT2D eigenvalue weighted by molar-refractivity contribution is 6.35. The van der Waals surface area contributed by atoms with Crippen molar-refractivity contribution in [2.75, 3.05) is 0 Å². The number of non-ortho nitro benzene ring substituents is 1. The number of hydrogen-bond acceptors (Lipinski definition) is 5. The van der Waals surface area contributed by atoms with Gasteiger partial charge < -0.3 is 4.74 Å². The van der Waals surface area contributed by atoms with Crippen LogP contribution in [0.5, 0.6) is 5.75 Å². The van der Waals surface area contributed by atoms with Gasteiger partial charge in [0.2, 0.25) is 6.23 Å². The Morgan fingerprint density at radius 2 is 1.90 bits per heavy atom.